The average Bonchev–Trinajstić information content (AvgIpc) is 2.92. The summed E-state index contributed by atoms with van der Waals surface area (Å²) in [5.41, 5.74) is 0.274. The fourth-order valence-electron chi connectivity index (χ4n) is 2.90. The summed E-state index contributed by atoms with van der Waals surface area (Å²) in [7, 11) is 0. The van der Waals surface area contributed by atoms with Gasteiger partial charge in [-0.3, -0.25) is 9.59 Å². The van der Waals surface area contributed by atoms with Crippen LogP contribution >= 0.6 is 0 Å². The molecule has 8 heteroatoms. The molecule has 2 aromatic carbocycles. The molecule has 0 unspecified atom stereocenters. The van der Waals surface area contributed by atoms with Crippen LogP contribution in [0.4, 0.5) is 4.79 Å². The zero-order chi connectivity index (χ0) is 21.9. The summed E-state index contributed by atoms with van der Waals surface area (Å²) in [5, 5.41) is 2.88. The largest absolute Gasteiger partial charge is 0.444 e. The molecule has 2 aromatic rings. The van der Waals surface area contributed by atoms with E-state index in [1.165, 1.54) is 12.1 Å². The van der Waals surface area contributed by atoms with Crippen molar-refractivity contribution in [2.24, 2.45) is 0 Å². The van der Waals surface area contributed by atoms with Crippen molar-refractivity contribution in [2.75, 3.05) is 0 Å². The molecule has 1 aliphatic rings. The predicted octanol–water partition coefficient (Wildman–Crippen LogP) is 2.88. The molecule has 30 heavy (non-hydrogen) atoms. The van der Waals surface area contributed by atoms with E-state index in [9.17, 15) is 19.2 Å². The first kappa shape index (κ1) is 21.0. The van der Waals surface area contributed by atoms with Crippen molar-refractivity contribution in [3.63, 3.8) is 0 Å². The van der Waals surface area contributed by atoms with Gasteiger partial charge < -0.3 is 14.9 Å². The molecule has 0 fully saturated rings. The number of benzene rings is 2. The van der Waals surface area contributed by atoms with Gasteiger partial charge in [-0.1, -0.05) is 47.5 Å². The van der Waals surface area contributed by atoms with E-state index in [4.69, 9.17) is 9.57 Å². The van der Waals surface area contributed by atoms with Crippen LogP contribution in [0.1, 0.15) is 47.1 Å². The molecule has 0 aliphatic carbocycles. The van der Waals surface area contributed by atoms with Gasteiger partial charge in [0.1, 0.15) is 11.6 Å². The summed E-state index contributed by atoms with van der Waals surface area (Å²) in [6.07, 6.45) is -0.732. The molecule has 1 N–H and O–H groups in total. The van der Waals surface area contributed by atoms with Gasteiger partial charge in [0.25, 0.3) is 11.8 Å². The van der Waals surface area contributed by atoms with Crippen LogP contribution in [0.2, 0.25) is 0 Å². The highest BCUT2D eigenvalue weighted by Gasteiger charge is 2.40. The molecule has 3 amide bonds. The molecule has 0 saturated carbocycles. The summed E-state index contributed by atoms with van der Waals surface area (Å²) < 4.78 is 5.21. The Balaban J connectivity index is 1.77. The van der Waals surface area contributed by atoms with Crippen molar-refractivity contribution in [1.29, 1.82) is 0 Å². The third-order valence-electron chi connectivity index (χ3n) is 4.20. The zero-order valence-electron chi connectivity index (χ0n) is 16.9. The molecule has 1 atom stereocenters. The zero-order valence-corrected chi connectivity index (χ0v) is 16.9. The van der Waals surface area contributed by atoms with Gasteiger partial charge in [0.2, 0.25) is 0 Å². The second kappa shape index (κ2) is 8.36. The van der Waals surface area contributed by atoms with Gasteiger partial charge >= 0.3 is 12.1 Å². The maximum atomic E-state index is 12.8. The lowest BCUT2D eigenvalue weighted by Gasteiger charge is -2.23. The first-order valence-corrected chi connectivity index (χ1v) is 9.39. The van der Waals surface area contributed by atoms with Crippen LogP contribution in [0.15, 0.2) is 54.6 Å². The Hall–Kier alpha value is -3.68. The number of rotatable bonds is 5. The molecule has 0 saturated heterocycles. The Morgan fingerprint density at radius 3 is 2.00 bits per heavy atom. The minimum absolute atomic E-state index is 0.0854. The van der Waals surface area contributed by atoms with Crippen LogP contribution in [-0.4, -0.2) is 40.6 Å². The third-order valence-corrected chi connectivity index (χ3v) is 4.20. The number of amides is 3. The molecule has 8 nitrogen and oxygen atoms in total. The second-order valence-electron chi connectivity index (χ2n) is 7.75. The van der Waals surface area contributed by atoms with Crippen LogP contribution < -0.4 is 5.32 Å². The third kappa shape index (κ3) is 4.83. The number of nitrogens with zero attached hydrogens (tertiary/aromatic N) is 1. The number of nitrogens with one attached hydrogen (secondary N) is 1. The first-order valence-electron chi connectivity index (χ1n) is 9.39. The van der Waals surface area contributed by atoms with Crippen LogP contribution in [0.3, 0.4) is 0 Å². The maximum absolute atomic E-state index is 12.8. The Morgan fingerprint density at radius 2 is 1.47 bits per heavy atom. The van der Waals surface area contributed by atoms with Crippen molar-refractivity contribution in [3.05, 3.63) is 71.3 Å². The fraction of sp³-hybridized carbons (Fsp3) is 0.273. The summed E-state index contributed by atoms with van der Waals surface area (Å²) in [6.45, 7) is 5.07. The number of imide groups is 1. The van der Waals surface area contributed by atoms with Gasteiger partial charge in [0.05, 0.1) is 11.1 Å². The van der Waals surface area contributed by atoms with E-state index in [2.05, 4.69) is 5.32 Å². The van der Waals surface area contributed by atoms with Gasteiger partial charge in [-0.15, -0.1) is 0 Å². The van der Waals surface area contributed by atoms with Gasteiger partial charge in [-0.25, -0.2) is 9.59 Å². The number of carbonyl (C=O) groups excluding carboxylic acids is 4. The van der Waals surface area contributed by atoms with Gasteiger partial charge in [-0.2, -0.15) is 0 Å². The van der Waals surface area contributed by atoms with E-state index >= 15 is 0 Å². The van der Waals surface area contributed by atoms with Crippen molar-refractivity contribution in [2.45, 2.75) is 38.8 Å². The lowest BCUT2D eigenvalue weighted by Crippen LogP contribution is -2.48. The summed E-state index contributed by atoms with van der Waals surface area (Å²) in [4.78, 5) is 55.0. The van der Waals surface area contributed by atoms with E-state index in [1.807, 2.05) is 6.07 Å². The Morgan fingerprint density at radius 1 is 0.933 bits per heavy atom. The highest BCUT2D eigenvalue weighted by Crippen LogP contribution is 2.23. The average molecular weight is 410 g/mol. The van der Waals surface area contributed by atoms with E-state index in [0.717, 1.165) is 5.56 Å². The molecule has 156 valence electrons. The standard InChI is InChI=1S/C22H22N2O6/c1-22(2,3)29-21(28)23-17(13-14-9-5-4-6-10-14)20(27)30-24-18(25)15-11-7-8-12-16(15)19(24)26/h4-12,17H,13H2,1-3H3,(H,23,28)/t17-/m0/s1. The van der Waals surface area contributed by atoms with Crippen molar-refractivity contribution in [3.8, 4) is 0 Å². The molecule has 0 radical (unpaired) electrons. The summed E-state index contributed by atoms with van der Waals surface area (Å²) in [5.74, 6) is -2.43. The molecule has 1 aliphatic heterocycles. The Kier molecular flexibility index (Phi) is 5.86. The number of hydroxylamine groups is 2. The maximum Gasteiger partial charge on any atom is 0.408 e. The SMILES string of the molecule is CC(C)(C)OC(=O)N[C@@H](Cc1ccccc1)C(=O)ON1C(=O)c2ccccc2C1=O. The number of fused-ring (bicyclic) bond motifs is 1. The molecular weight excluding hydrogens is 388 g/mol. The normalized spacial score (nSPS) is 14.2. The quantitative estimate of drug-likeness (QED) is 0.761. The van der Waals surface area contributed by atoms with Crippen LogP contribution in [0.5, 0.6) is 0 Å². The van der Waals surface area contributed by atoms with Crippen LogP contribution in [-0.2, 0) is 20.8 Å². The number of hydrogen-bond donors (Lipinski definition) is 1. The number of alkyl carbamates (subject to hydrolysis) is 1. The summed E-state index contributed by atoms with van der Waals surface area (Å²) >= 11 is 0. The van der Waals surface area contributed by atoms with E-state index in [0.29, 0.717) is 5.06 Å². The van der Waals surface area contributed by atoms with Gasteiger partial charge in [0.15, 0.2) is 0 Å². The molecule has 0 spiro atoms. The topological polar surface area (TPSA) is 102 Å². The van der Waals surface area contributed by atoms with Gasteiger partial charge in [0, 0.05) is 6.42 Å². The number of hydrogen-bond acceptors (Lipinski definition) is 6. The molecular formula is C22H22N2O6. The highest BCUT2D eigenvalue weighted by atomic mass is 16.7. The number of carbonyl (C=O) groups is 4. The molecule has 3 rings (SSSR count). The Bertz CT molecular complexity index is 946. The highest BCUT2D eigenvalue weighted by molar-refractivity contribution is 6.20. The van der Waals surface area contributed by atoms with Crippen LogP contribution in [0.25, 0.3) is 0 Å². The first-order chi connectivity index (χ1) is 14.2. The monoisotopic (exact) mass is 410 g/mol. The fourth-order valence-corrected chi connectivity index (χ4v) is 2.90. The van der Waals surface area contributed by atoms with Crippen LogP contribution in [0, 0.1) is 0 Å². The van der Waals surface area contributed by atoms with E-state index in [-0.39, 0.29) is 17.5 Å². The van der Waals surface area contributed by atoms with Gasteiger partial charge in [-0.05, 0) is 38.5 Å². The smallest absolute Gasteiger partial charge is 0.408 e. The summed E-state index contributed by atoms with van der Waals surface area (Å²) in [6, 6.07) is 13.9. The van der Waals surface area contributed by atoms with E-state index < -0.39 is 35.5 Å². The Labute approximate surface area is 173 Å². The predicted molar refractivity (Wildman–Crippen MR) is 106 cm³/mol. The van der Waals surface area contributed by atoms with Crippen molar-refractivity contribution < 1.29 is 28.8 Å². The molecule has 0 aromatic heterocycles. The lowest BCUT2D eigenvalue weighted by atomic mass is 10.1. The minimum atomic E-state index is -1.17. The van der Waals surface area contributed by atoms with Crippen molar-refractivity contribution in [1.82, 2.24) is 10.4 Å². The molecule has 0 bridgehead atoms. The lowest BCUT2D eigenvalue weighted by molar-refractivity contribution is -0.171. The molecule has 1 heterocycles. The minimum Gasteiger partial charge on any atom is -0.444 e. The second-order valence-corrected chi connectivity index (χ2v) is 7.75. The van der Waals surface area contributed by atoms with E-state index in [1.54, 1.807) is 57.2 Å². The van der Waals surface area contributed by atoms with Crippen molar-refractivity contribution >= 4 is 23.9 Å². The number of ether oxygens (including phenoxy) is 1.